The number of hydrogen-bond donors (Lipinski definition) is 2. The summed E-state index contributed by atoms with van der Waals surface area (Å²) in [7, 11) is 0. The predicted molar refractivity (Wildman–Crippen MR) is 129 cm³/mol. The normalized spacial score (nSPS) is 10.1. The van der Waals surface area contributed by atoms with E-state index in [9.17, 15) is 9.59 Å². The van der Waals surface area contributed by atoms with Crippen LogP contribution in [-0.4, -0.2) is 16.8 Å². The molecular weight excluding hydrogens is 482 g/mol. The van der Waals surface area contributed by atoms with E-state index in [0.29, 0.717) is 17.3 Å². The maximum atomic E-state index is 12.3. The van der Waals surface area contributed by atoms with Crippen LogP contribution in [0.4, 0.5) is 5.69 Å². The molecule has 4 aromatic rings. The lowest BCUT2D eigenvalue weighted by Gasteiger charge is -2.05. The summed E-state index contributed by atoms with van der Waals surface area (Å²) in [5.41, 5.74) is 2.93. The van der Waals surface area contributed by atoms with Gasteiger partial charge >= 0.3 is 11.8 Å². The molecule has 2 N–H and O–H groups in total. The van der Waals surface area contributed by atoms with Gasteiger partial charge in [0.2, 0.25) is 5.89 Å². The molecule has 7 heteroatoms. The van der Waals surface area contributed by atoms with Gasteiger partial charge in [0, 0.05) is 26.9 Å². The number of hydrogen-bond acceptors (Lipinski definition) is 4. The summed E-state index contributed by atoms with van der Waals surface area (Å²) in [5.74, 6) is 5.38. The Labute approximate surface area is 199 Å². The number of rotatable bonds is 4. The largest absolute Gasteiger partial charge is 0.439 e. The van der Waals surface area contributed by atoms with Crippen LogP contribution in [0.5, 0.6) is 0 Å². The number of carbonyl (C=O) groups is 2. The summed E-state index contributed by atoms with van der Waals surface area (Å²) in [5, 5.41) is 5.09. The van der Waals surface area contributed by atoms with Gasteiger partial charge in [0.1, 0.15) is 0 Å². The fourth-order valence-electron chi connectivity index (χ4n) is 2.93. The van der Waals surface area contributed by atoms with Gasteiger partial charge in [-0.25, -0.2) is 4.98 Å². The highest BCUT2D eigenvalue weighted by molar-refractivity contribution is 9.10. The summed E-state index contributed by atoms with van der Waals surface area (Å²) in [6.07, 6.45) is 1.57. The lowest BCUT2D eigenvalue weighted by Crippen LogP contribution is -2.35. The van der Waals surface area contributed by atoms with Gasteiger partial charge in [-0.15, -0.1) is 0 Å². The van der Waals surface area contributed by atoms with Crippen LogP contribution in [0.3, 0.4) is 0 Å². The summed E-state index contributed by atoms with van der Waals surface area (Å²) in [4.78, 5) is 28.6. The molecule has 0 aliphatic rings. The van der Waals surface area contributed by atoms with Crippen molar-refractivity contribution in [3.05, 3.63) is 107 Å². The number of benzene rings is 3. The van der Waals surface area contributed by atoms with Crippen molar-refractivity contribution in [3.8, 4) is 23.2 Å². The number of amides is 2. The van der Waals surface area contributed by atoms with Gasteiger partial charge in [-0.2, -0.15) is 0 Å². The van der Waals surface area contributed by atoms with Crippen LogP contribution < -0.4 is 10.6 Å². The van der Waals surface area contributed by atoms with Crippen molar-refractivity contribution < 1.29 is 14.0 Å². The van der Waals surface area contributed by atoms with Crippen molar-refractivity contribution in [2.45, 2.75) is 6.54 Å². The molecule has 6 nitrogen and oxygen atoms in total. The number of halogens is 1. The zero-order valence-corrected chi connectivity index (χ0v) is 18.9. The molecule has 4 rings (SSSR count). The summed E-state index contributed by atoms with van der Waals surface area (Å²) in [6.45, 7) is -0.0111. The van der Waals surface area contributed by atoms with E-state index in [0.717, 1.165) is 21.2 Å². The second kappa shape index (κ2) is 10.4. The van der Waals surface area contributed by atoms with Crippen molar-refractivity contribution in [2.75, 3.05) is 5.32 Å². The maximum Gasteiger partial charge on any atom is 0.313 e. The molecule has 1 aromatic heterocycles. The fraction of sp³-hybridized carbons (Fsp3) is 0.0385. The Morgan fingerprint density at radius 3 is 2.45 bits per heavy atom. The number of nitrogens with one attached hydrogen (secondary N) is 2. The second-order valence-electron chi connectivity index (χ2n) is 6.96. The van der Waals surface area contributed by atoms with Gasteiger partial charge in [0.25, 0.3) is 0 Å². The molecule has 0 spiro atoms. The smallest absolute Gasteiger partial charge is 0.313 e. The summed E-state index contributed by atoms with van der Waals surface area (Å²) >= 11 is 3.41. The highest BCUT2D eigenvalue weighted by Gasteiger charge is 2.15. The van der Waals surface area contributed by atoms with Gasteiger partial charge in [-0.1, -0.05) is 64.2 Å². The minimum absolute atomic E-state index is 0.0111. The van der Waals surface area contributed by atoms with Gasteiger partial charge in [0.05, 0.1) is 12.7 Å². The molecule has 0 saturated carbocycles. The fourth-order valence-corrected chi connectivity index (χ4v) is 3.33. The molecule has 0 fully saturated rings. The number of oxazole rings is 1. The number of aromatic nitrogens is 1. The van der Waals surface area contributed by atoms with E-state index in [-0.39, 0.29) is 6.54 Å². The minimum atomic E-state index is -0.794. The first kappa shape index (κ1) is 22.1. The van der Waals surface area contributed by atoms with E-state index in [1.54, 1.807) is 24.4 Å². The molecule has 0 atom stereocenters. The number of nitrogens with zero attached hydrogens (tertiary/aromatic N) is 1. The molecule has 1 heterocycles. The van der Waals surface area contributed by atoms with Crippen molar-refractivity contribution in [1.29, 1.82) is 0 Å². The van der Waals surface area contributed by atoms with Crippen LogP contribution in [0.15, 0.2) is 93.9 Å². The van der Waals surface area contributed by atoms with E-state index in [4.69, 9.17) is 4.42 Å². The van der Waals surface area contributed by atoms with Crippen LogP contribution in [0.1, 0.15) is 17.0 Å². The Hall–Kier alpha value is -4.15. The first-order valence-corrected chi connectivity index (χ1v) is 10.8. The third kappa shape index (κ3) is 6.19. The zero-order valence-electron chi connectivity index (χ0n) is 17.3. The van der Waals surface area contributed by atoms with E-state index in [1.165, 1.54) is 0 Å². The van der Waals surface area contributed by atoms with E-state index >= 15 is 0 Å². The molecule has 0 aliphatic carbocycles. The molecular formula is C26H18BrN3O3. The Bertz CT molecular complexity index is 1350. The highest BCUT2D eigenvalue weighted by atomic mass is 79.9. The number of carbonyl (C=O) groups excluding carboxylic acids is 2. The van der Waals surface area contributed by atoms with Crippen molar-refractivity contribution in [1.82, 2.24) is 10.3 Å². The minimum Gasteiger partial charge on any atom is -0.439 e. The molecule has 0 aliphatic heterocycles. The second-order valence-corrected chi connectivity index (χ2v) is 7.88. The molecule has 0 unspecified atom stereocenters. The Morgan fingerprint density at radius 2 is 1.64 bits per heavy atom. The molecule has 162 valence electrons. The molecule has 33 heavy (non-hydrogen) atoms. The van der Waals surface area contributed by atoms with Crippen molar-refractivity contribution in [3.63, 3.8) is 0 Å². The Morgan fingerprint density at radius 1 is 0.879 bits per heavy atom. The molecule has 2 amide bonds. The molecule has 0 radical (unpaired) electrons. The molecule has 0 saturated heterocycles. The van der Waals surface area contributed by atoms with Gasteiger partial charge in [-0.3, -0.25) is 9.59 Å². The third-order valence-electron chi connectivity index (χ3n) is 4.51. The zero-order chi connectivity index (χ0) is 23.0. The van der Waals surface area contributed by atoms with Crippen LogP contribution in [-0.2, 0) is 16.1 Å². The standard InChI is InChI=1S/C26H18BrN3O3/c27-21-10-5-9-20(15-21)23-16-28-24(33-23)17-29-25(31)26(32)30-22-11-4-8-19(14-22)13-12-18-6-2-1-3-7-18/h1-11,14-16H,17H2,(H,29,31)(H,30,32). The number of anilines is 1. The van der Waals surface area contributed by atoms with E-state index in [1.807, 2.05) is 60.7 Å². The van der Waals surface area contributed by atoms with Gasteiger partial charge < -0.3 is 15.1 Å². The lowest BCUT2D eigenvalue weighted by molar-refractivity contribution is -0.136. The van der Waals surface area contributed by atoms with Crippen LogP contribution >= 0.6 is 15.9 Å². The van der Waals surface area contributed by atoms with Crippen molar-refractivity contribution in [2.24, 2.45) is 0 Å². The summed E-state index contributed by atoms with van der Waals surface area (Å²) in [6, 6.07) is 24.2. The highest BCUT2D eigenvalue weighted by Crippen LogP contribution is 2.23. The van der Waals surface area contributed by atoms with Gasteiger partial charge in [0.15, 0.2) is 5.76 Å². The van der Waals surface area contributed by atoms with Gasteiger partial charge in [-0.05, 0) is 42.5 Å². The lowest BCUT2D eigenvalue weighted by atomic mass is 10.1. The molecule has 3 aromatic carbocycles. The monoisotopic (exact) mass is 499 g/mol. The summed E-state index contributed by atoms with van der Waals surface area (Å²) < 4.78 is 6.57. The Balaban J connectivity index is 1.33. The topological polar surface area (TPSA) is 84.2 Å². The van der Waals surface area contributed by atoms with Crippen LogP contribution in [0.25, 0.3) is 11.3 Å². The quantitative estimate of drug-likeness (QED) is 0.313. The van der Waals surface area contributed by atoms with E-state index < -0.39 is 11.8 Å². The average molecular weight is 500 g/mol. The van der Waals surface area contributed by atoms with E-state index in [2.05, 4.69) is 43.4 Å². The van der Waals surface area contributed by atoms with Crippen molar-refractivity contribution >= 4 is 33.4 Å². The Kier molecular flexibility index (Phi) is 6.98. The predicted octanol–water partition coefficient (Wildman–Crippen LogP) is 4.76. The van der Waals surface area contributed by atoms with Crippen LogP contribution in [0.2, 0.25) is 0 Å². The molecule has 0 bridgehead atoms. The maximum absolute atomic E-state index is 12.3. The average Bonchev–Trinajstić information content (AvgIpc) is 3.31. The third-order valence-corrected chi connectivity index (χ3v) is 5.01. The first-order chi connectivity index (χ1) is 16.1. The first-order valence-electron chi connectivity index (χ1n) is 10.0. The SMILES string of the molecule is O=C(NCc1ncc(-c2cccc(Br)c2)o1)C(=O)Nc1cccc(C#Cc2ccccc2)c1. The van der Waals surface area contributed by atoms with Crippen LogP contribution in [0, 0.1) is 11.8 Å².